The number of hydrogen-bond acceptors (Lipinski definition) is 5. The maximum Gasteiger partial charge on any atom is 0.273 e. The number of ether oxygens (including phenoxy) is 2. The second kappa shape index (κ2) is 8.51. The molecule has 8 nitrogen and oxygen atoms in total. The van der Waals surface area contributed by atoms with Crippen LogP contribution < -0.4 is 14.8 Å². The van der Waals surface area contributed by atoms with Gasteiger partial charge in [-0.1, -0.05) is 24.3 Å². The molecule has 0 saturated carbocycles. The molecule has 0 radical (unpaired) electrons. The number of methoxy groups -OCH3 is 2. The smallest absolute Gasteiger partial charge is 0.273 e. The molecule has 2 aromatic carbocycles. The van der Waals surface area contributed by atoms with E-state index in [1.807, 2.05) is 65.3 Å². The molecule has 8 heteroatoms. The van der Waals surface area contributed by atoms with Crippen molar-refractivity contribution in [2.45, 2.75) is 0 Å². The predicted octanol–water partition coefficient (Wildman–Crippen LogP) is 4.66. The van der Waals surface area contributed by atoms with E-state index in [2.05, 4.69) is 20.5 Å². The van der Waals surface area contributed by atoms with Crippen molar-refractivity contribution in [2.24, 2.45) is 0 Å². The third-order valence-electron chi connectivity index (χ3n) is 5.32. The summed E-state index contributed by atoms with van der Waals surface area (Å²) >= 11 is 0. The number of carbonyl (C=O) groups excluding carboxylic acids is 1. The molecule has 0 saturated heterocycles. The van der Waals surface area contributed by atoms with Gasteiger partial charge in [0.1, 0.15) is 22.8 Å². The molecule has 0 bridgehead atoms. The summed E-state index contributed by atoms with van der Waals surface area (Å²) in [6.07, 6.45) is 3.87. The van der Waals surface area contributed by atoms with Gasteiger partial charge >= 0.3 is 0 Å². The van der Waals surface area contributed by atoms with Crippen LogP contribution in [0.3, 0.4) is 0 Å². The van der Waals surface area contributed by atoms with Crippen molar-refractivity contribution in [3.8, 4) is 34.0 Å². The number of pyridine rings is 1. The first kappa shape index (κ1) is 20.3. The Balaban J connectivity index is 1.44. The van der Waals surface area contributed by atoms with Crippen LogP contribution in [0, 0.1) is 0 Å². The first-order valence-corrected chi connectivity index (χ1v) is 10.3. The zero-order valence-electron chi connectivity index (χ0n) is 18.1. The van der Waals surface area contributed by atoms with Crippen molar-refractivity contribution in [1.82, 2.24) is 19.6 Å². The number of aromatic amines is 1. The van der Waals surface area contributed by atoms with E-state index in [-0.39, 0.29) is 5.91 Å². The molecule has 3 heterocycles. The highest BCUT2D eigenvalue weighted by Crippen LogP contribution is 2.33. The Kier molecular flexibility index (Phi) is 5.24. The summed E-state index contributed by atoms with van der Waals surface area (Å²) in [5.74, 6) is 0.986. The number of benzene rings is 2. The number of nitrogens with one attached hydrogen (secondary N) is 2. The number of amides is 1. The molecule has 3 aromatic heterocycles. The van der Waals surface area contributed by atoms with Crippen LogP contribution in [0.15, 0.2) is 79.1 Å². The summed E-state index contributed by atoms with van der Waals surface area (Å²) in [6, 6.07) is 20.5. The molecule has 0 aliphatic heterocycles. The van der Waals surface area contributed by atoms with E-state index in [9.17, 15) is 4.79 Å². The Morgan fingerprint density at radius 2 is 1.79 bits per heavy atom. The van der Waals surface area contributed by atoms with Gasteiger partial charge in [0.05, 0.1) is 31.3 Å². The van der Waals surface area contributed by atoms with Gasteiger partial charge in [0.2, 0.25) is 0 Å². The fraction of sp³-hybridized carbons (Fsp3) is 0.0800. The average molecular weight is 439 g/mol. The standard InChI is InChI=1S/C25H21N5O3/c1-32-16-10-11-23(33-2)18(13-16)20-14-21(29-28-20)25(31)27-19-8-4-3-7-17(19)22-15-30-12-6-5-9-24(30)26-22/h3-15H,1-2H3,(H,27,31)(H,28,29). The Bertz CT molecular complexity index is 1420. The molecule has 0 atom stereocenters. The Morgan fingerprint density at radius 3 is 2.61 bits per heavy atom. The third-order valence-corrected chi connectivity index (χ3v) is 5.32. The molecule has 0 aliphatic carbocycles. The number of imidazole rings is 1. The van der Waals surface area contributed by atoms with Crippen molar-refractivity contribution in [3.05, 3.63) is 84.8 Å². The number of fused-ring (bicyclic) bond motifs is 1. The van der Waals surface area contributed by atoms with Crippen LogP contribution in [0.5, 0.6) is 11.5 Å². The lowest BCUT2D eigenvalue weighted by atomic mass is 10.1. The lowest BCUT2D eigenvalue weighted by molar-refractivity contribution is 0.102. The number of para-hydroxylation sites is 1. The summed E-state index contributed by atoms with van der Waals surface area (Å²) in [5, 5.41) is 10.1. The van der Waals surface area contributed by atoms with E-state index < -0.39 is 0 Å². The zero-order chi connectivity index (χ0) is 22.8. The summed E-state index contributed by atoms with van der Waals surface area (Å²) in [6.45, 7) is 0. The predicted molar refractivity (Wildman–Crippen MR) is 126 cm³/mol. The normalized spacial score (nSPS) is 10.8. The molecule has 5 aromatic rings. The number of H-pyrrole nitrogens is 1. The number of hydrogen-bond donors (Lipinski definition) is 2. The van der Waals surface area contributed by atoms with Crippen molar-refractivity contribution >= 4 is 17.2 Å². The van der Waals surface area contributed by atoms with E-state index in [0.717, 1.165) is 22.5 Å². The minimum Gasteiger partial charge on any atom is -0.497 e. The molecule has 0 fully saturated rings. The van der Waals surface area contributed by atoms with Crippen molar-refractivity contribution in [1.29, 1.82) is 0 Å². The van der Waals surface area contributed by atoms with Gasteiger partial charge in [0, 0.05) is 23.5 Å². The highest BCUT2D eigenvalue weighted by atomic mass is 16.5. The largest absolute Gasteiger partial charge is 0.497 e. The number of anilines is 1. The van der Waals surface area contributed by atoms with E-state index in [1.54, 1.807) is 32.4 Å². The van der Waals surface area contributed by atoms with Crippen LogP contribution in [0.1, 0.15) is 10.5 Å². The number of carbonyl (C=O) groups is 1. The van der Waals surface area contributed by atoms with Crippen LogP contribution in [0.2, 0.25) is 0 Å². The monoisotopic (exact) mass is 439 g/mol. The first-order chi connectivity index (χ1) is 16.2. The van der Waals surface area contributed by atoms with Gasteiger partial charge in [-0.25, -0.2) is 4.98 Å². The van der Waals surface area contributed by atoms with Gasteiger partial charge in [-0.3, -0.25) is 9.89 Å². The van der Waals surface area contributed by atoms with Gasteiger partial charge < -0.3 is 19.2 Å². The van der Waals surface area contributed by atoms with Crippen molar-refractivity contribution in [2.75, 3.05) is 19.5 Å². The summed E-state index contributed by atoms with van der Waals surface area (Å²) in [4.78, 5) is 17.7. The molecular formula is C25H21N5O3. The molecular weight excluding hydrogens is 418 g/mol. The van der Waals surface area contributed by atoms with E-state index >= 15 is 0 Å². The molecule has 0 aliphatic rings. The second-order valence-electron chi connectivity index (χ2n) is 7.33. The topological polar surface area (TPSA) is 93.5 Å². The quantitative estimate of drug-likeness (QED) is 0.401. The lowest BCUT2D eigenvalue weighted by Gasteiger charge is -2.09. The zero-order valence-corrected chi connectivity index (χ0v) is 18.1. The maximum atomic E-state index is 13.0. The highest BCUT2D eigenvalue weighted by molar-refractivity contribution is 6.05. The van der Waals surface area contributed by atoms with Crippen LogP contribution in [-0.4, -0.2) is 39.7 Å². The van der Waals surface area contributed by atoms with Crippen LogP contribution in [0.4, 0.5) is 5.69 Å². The maximum absolute atomic E-state index is 13.0. The van der Waals surface area contributed by atoms with E-state index in [1.165, 1.54) is 0 Å². The molecule has 33 heavy (non-hydrogen) atoms. The Labute approximate surface area is 189 Å². The number of aromatic nitrogens is 4. The fourth-order valence-corrected chi connectivity index (χ4v) is 3.66. The fourth-order valence-electron chi connectivity index (χ4n) is 3.66. The number of rotatable bonds is 6. The van der Waals surface area contributed by atoms with E-state index in [0.29, 0.717) is 28.6 Å². The van der Waals surface area contributed by atoms with Crippen LogP contribution in [-0.2, 0) is 0 Å². The average Bonchev–Trinajstić information content (AvgIpc) is 3.51. The lowest BCUT2D eigenvalue weighted by Crippen LogP contribution is -2.13. The van der Waals surface area contributed by atoms with Gasteiger partial charge in [0.25, 0.3) is 5.91 Å². The van der Waals surface area contributed by atoms with Crippen molar-refractivity contribution in [3.63, 3.8) is 0 Å². The van der Waals surface area contributed by atoms with Gasteiger partial charge in [-0.15, -0.1) is 0 Å². The van der Waals surface area contributed by atoms with Crippen LogP contribution in [0.25, 0.3) is 28.2 Å². The highest BCUT2D eigenvalue weighted by Gasteiger charge is 2.17. The Hall–Kier alpha value is -4.59. The number of nitrogens with zero attached hydrogens (tertiary/aromatic N) is 3. The van der Waals surface area contributed by atoms with E-state index in [4.69, 9.17) is 9.47 Å². The molecule has 164 valence electrons. The van der Waals surface area contributed by atoms with Gasteiger partial charge in [0.15, 0.2) is 0 Å². The van der Waals surface area contributed by atoms with Gasteiger partial charge in [-0.2, -0.15) is 5.10 Å². The Morgan fingerprint density at radius 1 is 0.939 bits per heavy atom. The minimum atomic E-state index is -0.313. The SMILES string of the molecule is COc1ccc(OC)c(-c2cc(C(=O)Nc3ccccc3-c3cn4ccccc4n3)[nH]n2)c1. The van der Waals surface area contributed by atoms with Gasteiger partial charge in [-0.05, 0) is 42.5 Å². The summed E-state index contributed by atoms with van der Waals surface area (Å²) < 4.78 is 12.7. The molecule has 1 amide bonds. The molecule has 0 unspecified atom stereocenters. The molecule has 5 rings (SSSR count). The first-order valence-electron chi connectivity index (χ1n) is 10.3. The second-order valence-corrected chi connectivity index (χ2v) is 7.33. The van der Waals surface area contributed by atoms with Crippen LogP contribution >= 0.6 is 0 Å². The van der Waals surface area contributed by atoms with Crippen molar-refractivity contribution < 1.29 is 14.3 Å². The third kappa shape index (κ3) is 3.89. The molecule has 2 N–H and O–H groups in total. The summed E-state index contributed by atoms with van der Waals surface area (Å²) in [7, 11) is 3.18. The minimum absolute atomic E-state index is 0.313. The molecule has 0 spiro atoms. The summed E-state index contributed by atoms with van der Waals surface area (Å²) in [5.41, 5.74) is 4.69.